The molecule has 14 nitrogen and oxygen atoms in total. The number of ether oxygens (including phenoxy) is 2. The summed E-state index contributed by atoms with van der Waals surface area (Å²) in [4.78, 5) is 59.9. The molecular weight excluding hydrogens is 656 g/mol. The Morgan fingerprint density at radius 2 is 1.45 bits per heavy atom. The summed E-state index contributed by atoms with van der Waals surface area (Å²) in [6.07, 6.45) is -2.19. The Hall–Kier alpha value is -5.54. The van der Waals surface area contributed by atoms with E-state index in [9.17, 15) is 39.7 Å². The third kappa shape index (κ3) is 8.69. The normalized spacial score (nSPS) is 16.2. The van der Waals surface area contributed by atoms with Gasteiger partial charge in [-0.25, -0.2) is 9.59 Å². The van der Waals surface area contributed by atoms with Crippen LogP contribution in [0.25, 0.3) is 10.8 Å². The number of aliphatic hydroxyl groups excluding tert-OH is 1. The molecule has 1 saturated heterocycles. The number of carbonyl (C=O) groups excluding carboxylic acids is 3. The molecule has 1 aliphatic heterocycles. The molecule has 1 unspecified atom stereocenters. The predicted molar refractivity (Wildman–Crippen MR) is 179 cm³/mol. The fourth-order valence-corrected chi connectivity index (χ4v) is 6.68. The molecule has 254 valence electrons. The van der Waals surface area contributed by atoms with Crippen LogP contribution >= 0.6 is 11.8 Å². The smallest absolute Gasteiger partial charge is 0.410 e. The van der Waals surface area contributed by atoms with Crippen LogP contribution in [0.3, 0.4) is 0 Å². The van der Waals surface area contributed by atoms with Gasteiger partial charge in [0.1, 0.15) is 19.3 Å². The number of benzene rings is 4. The third-order valence-corrected chi connectivity index (χ3v) is 9.06. The first-order valence-corrected chi connectivity index (χ1v) is 16.0. The van der Waals surface area contributed by atoms with E-state index in [-0.39, 0.29) is 48.0 Å². The minimum absolute atomic E-state index is 0.0660. The number of hydrogen-bond acceptors (Lipinski definition) is 11. The number of amides is 2. The van der Waals surface area contributed by atoms with Crippen molar-refractivity contribution in [3.63, 3.8) is 0 Å². The van der Waals surface area contributed by atoms with E-state index in [0.29, 0.717) is 28.5 Å². The van der Waals surface area contributed by atoms with Crippen LogP contribution in [0.4, 0.5) is 21.0 Å². The van der Waals surface area contributed by atoms with Crippen molar-refractivity contribution >= 4 is 51.2 Å². The Balaban J connectivity index is 1.28. The van der Waals surface area contributed by atoms with Crippen LogP contribution in [0.2, 0.25) is 0 Å². The number of aliphatic hydroxyl groups is 1. The van der Waals surface area contributed by atoms with Gasteiger partial charge in [-0.3, -0.25) is 25.0 Å². The maximum absolute atomic E-state index is 13.3. The third-order valence-electron chi connectivity index (χ3n) is 8.05. The van der Waals surface area contributed by atoms with E-state index in [1.54, 1.807) is 12.1 Å². The van der Waals surface area contributed by atoms with Crippen molar-refractivity contribution in [2.24, 2.45) is 0 Å². The van der Waals surface area contributed by atoms with Gasteiger partial charge in [-0.05, 0) is 63.7 Å². The molecule has 2 amide bonds. The molecule has 0 bridgehead atoms. The highest BCUT2D eigenvalue weighted by Crippen LogP contribution is 2.38. The van der Waals surface area contributed by atoms with Crippen molar-refractivity contribution in [2.75, 3.05) is 6.54 Å². The molecule has 15 heteroatoms. The Bertz CT molecular complexity index is 1870. The fourth-order valence-electron chi connectivity index (χ4n) is 5.68. The average Bonchev–Trinajstić information content (AvgIpc) is 3.51. The number of thioether (sulfide) groups is 1. The summed E-state index contributed by atoms with van der Waals surface area (Å²) in [6, 6.07) is 21.4. The first kappa shape index (κ1) is 34.8. The summed E-state index contributed by atoms with van der Waals surface area (Å²) in [5.74, 6) is 0. The van der Waals surface area contributed by atoms with E-state index in [0.717, 1.165) is 22.7 Å². The molecule has 0 aliphatic carbocycles. The molecule has 5 rings (SSSR count). The van der Waals surface area contributed by atoms with E-state index in [1.807, 2.05) is 24.3 Å². The van der Waals surface area contributed by atoms with E-state index in [1.165, 1.54) is 60.4 Å². The van der Waals surface area contributed by atoms with Gasteiger partial charge < -0.3 is 24.8 Å². The SMILES string of the molecule is CC(=O)S[C@H]1C[C@@H](C(O)c2ccc(CNC(=O)OCc3ccc([N+](=O)[O-])cc3)c3ccccc23)N(C(=O)OCc2ccc([N+](=O)[O-])cc2)C1. The van der Waals surface area contributed by atoms with E-state index < -0.39 is 34.2 Å². The Kier molecular flexibility index (Phi) is 11.1. The predicted octanol–water partition coefficient (Wildman–Crippen LogP) is 6.18. The second-order valence-electron chi connectivity index (χ2n) is 11.3. The molecule has 4 aromatic rings. The lowest BCUT2D eigenvalue weighted by Gasteiger charge is -2.29. The van der Waals surface area contributed by atoms with Gasteiger partial charge in [0.2, 0.25) is 0 Å². The summed E-state index contributed by atoms with van der Waals surface area (Å²) in [5.41, 5.74) is 2.28. The molecule has 0 spiro atoms. The van der Waals surface area contributed by atoms with E-state index in [4.69, 9.17) is 9.47 Å². The van der Waals surface area contributed by atoms with Gasteiger partial charge in [0.25, 0.3) is 11.4 Å². The van der Waals surface area contributed by atoms with Crippen molar-refractivity contribution in [1.29, 1.82) is 0 Å². The highest BCUT2D eigenvalue weighted by Gasteiger charge is 2.42. The van der Waals surface area contributed by atoms with Crippen molar-refractivity contribution in [3.05, 3.63) is 127 Å². The second-order valence-corrected chi connectivity index (χ2v) is 12.8. The molecule has 2 N–H and O–H groups in total. The highest BCUT2D eigenvalue weighted by molar-refractivity contribution is 8.14. The van der Waals surface area contributed by atoms with Gasteiger partial charge in [0.15, 0.2) is 5.12 Å². The van der Waals surface area contributed by atoms with E-state index in [2.05, 4.69) is 5.32 Å². The minimum atomic E-state index is -1.15. The van der Waals surface area contributed by atoms with Crippen LogP contribution in [-0.4, -0.2) is 55.0 Å². The summed E-state index contributed by atoms with van der Waals surface area (Å²) in [5, 5.41) is 37.3. The van der Waals surface area contributed by atoms with Crippen LogP contribution in [0.1, 0.15) is 41.7 Å². The Morgan fingerprint density at radius 3 is 2.02 bits per heavy atom. The van der Waals surface area contributed by atoms with Crippen molar-refractivity contribution < 1.29 is 38.8 Å². The van der Waals surface area contributed by atoms with Crippen molar-refractivity contribution in [2.45, 2.75) is 50.5 Å². The zero-order valence-electron chi connectivity index (χ0n) is 26.2. The molecule has 0 radical (unpaired) electrons. The Morgan fingerprint density at radius 1 is 0.878 bits per heavy atom. The standard InChI is InChI=1S/C34H32N4O10S/c1-21(39)49-27-16-31(36(18-27)34(42)48-20-23-8-13-26(14-9-23)38(45)46)32(40)30-15-10-24(28-4-2-3-5-29(28)30)17-35-33(41)47-19-22-6-11-25(12-7-22)37(43)44/h2-15,27,31-32,40H,16-20H2,1H3,(H,35,41)/t27-,31-,32?/m0/s1. The zero-order chi connectivity index (χ0) is 35.1. The fraction of sp³-hybridized carbons (Fsp3) is 0.265. The maximum atomic E-state index is 13.3. The molecular formula is C34H32N4O10S. The number of nitro groups is 2. The van der Waals surface area contributed by atoms with Gasteiger partial charge >= 0.3 is 12.2 Å². The largest absolute Gasteiger partial charge is 0.445 e. The van der Waals surface area contributed by atoms with Gasteiger partial charge in [-0.2, -0.15) is 0 Å². The molecule has 0 aromatic heterocycles. The van der Waals surface area contributed by atoms with Gasteiger partial charge in [0.05, 0.1) is 15.9 Å². The number of likely N-dealkylation sites (tertiary alicyclic amines) is 1. The number of nitrogens with zero attached hydrogens (tertiary/aromatic N) is 3. The lowest BCUT2D eigenvalue weighted by atomic mass is 9.92. The first-order chi connectivity index (χ1) is 23.5. The van der Waals surface area contributed by atoms with Gasteiger partial charge in [0, 0.05) is 49.5 Å². The summed E-state index contributed by atoms with van der Waals surface area (Å²) < 4.78 is 10.8. The molecule has 0 saturated carbocycles. The quantitative estimate of drug-likeness (QED) is 0.135. The summed E-state index contributed by atoms with van der Waals surface area (Å²) >= 11 is 1.10. The number of non-ortho nitro benzene ring substituents is 2. The average molecular weight is 689 g/mol. The van der Waals surface area contributed by atoms with Crippen LogP contribution in [0, 0.1) is 20.2 Å². The molecule has 3 atom stereocenters. The zero-order valence-corrected chi connectivity index (χ0v) is 27.0. The number of nitro benzene ring substituents is 2. The van der Waals surface area contributed by atoms with Gasteiger partial charge in [-0.15, -0.1) is 0 Å². The highest BCUT2D eigenvalue weighted by atomic mass is 32.2. The number of carbonyl (C=O) groups is 3. The molecule has 4 aromatic carbocycles. The number of hydrogen-bond donors (Lipinski definition) is 2. The summed E-state index contributed by atoms with van der Waals surface area (Å²) in [6.45, 7) is 1.51. The second kappa shape index (κ2) is 15.6. The first-order valence-electron chi connectivity index (χ1n) is 15.2. The molecule has 49 heavy (non-hydrogen) atoms. The number of alkyl carbamates (subject to hydrolysis) is 1. The summed E-state index contributed by atoms with van der Waals surface area (Å²) in [7, 11) is 0. The minimum Gasteiger partial charge on any atom is -0.445 e. The van der Waals surface area contributed by atoms with Crippen molar-refractivity contribution in [1.82, 2.24) is 10.2 Å². The Labute approximate surface area is 284 Å². The lowest BCUT2D eigenvalue weighted by molar-refractivity contribution is -0.385. The van der Waals surface area contributed by atoms with E-state index >= 15 is 0 Å². The van der Waals surface area contributed by atoms with Gasteiger partial charge in [-0.1, -0.05) is 48.2 Å². The molecule has 1 fully saturated rings. The van der Waals surface area contributed by atoms with Crippen molar-refractivity contribution in [3.8, 4) is 0 Å². The number of nitrogens with one attached hydrogen (secondary N) is 1. The number of fused-ring (bicyclic) bond motifs is 1. The molecule has 1 aliphatic rings. The topological polar surface area (TPSA) is 191 Å². The monoisotopic (exact) mass is 688 g/mol. The van der Waals surface area contributed by atoms with Crippen LogP contribution in [-0.2, 0) is 34.0 Å². The van der Waals surface area contributed by atoms with Crippen LogP contribution in [0.5, 0.6) is 0 Å². The van der Waals surface area contributed by atoms with Crippen LogP contribution in [0.15, 0.2) is 84.9 Å². The number of rotatable bonds is 11. The maximum Gasteiger partial charge on any atom is 0.410 e. The molecule has 1 heterocycles. The van der Waals surface area contributed by atoms with Crippen LogP contribution < -0.4 is 5.32 Å². The lowest BCUT2D eigenvalue weighted by Crippen LogP contribution is -2.39.